The summed E-state index contributed by atoms with van der Waals surface area (Å²) in [6, 6.07) is 16.6. The van der Waals surface area contributed by atoms with Crippen molar-refractivity contribution in [1.29, 1.82) is 0 Å². The highest BCUT2D eigenvalue weighted by Crippen LogP contribution is 2.44. The number of nitrogens with one attached hydrogen (secondary N) is 1. The first-order valence-corrected chi connectivity index (χ1v) is 10.3. The zero-order chi connectivity index (χ0) is 18.6. The molecule has 1 aliphatic rings. The van der Waals surface area contributed by atoms with E-state index in [1.54, 1.807) is 0 Å². The Morgan fingerprint density at radius 2 is 1.81 bits per heavy atom. The number of alkyl carbamates (subject to hydrolysis) is 1. The van der Waals surface area contributed by atoms with Gasteiger partial charge in [0, 0.05) is 17.8 Å². The molecule has 1 N–H and O–H groups in total. The van der Waals surface area contributed by atoms with E-state index in [1.807, 2.05) is 41.8 Å². The molecular weight excluding hydrogens is 424 g/mol. The van der Waals surface area contributed by atoms with Crippen LogP contribution in [0, 0.1) is 0 Å². The number of carbonyl (C=O) groups is 1. The Bertz CT molecular complexity index is 954. The van der Waals surface area contributed by atoms with E-state index >= 15 is 0 Å². The van der Waals surface area contributed by atoms with Gasteiger partial charge in [0.1, 0.15) is 16.2 Å². The molecule has 1 amide bonds. The lowest BCUT2D eigenvalue weighted by Gasteiger charge is -2.14. The molecule has 4 nitrogen and oxygen atoms in total. The van der Waals surface area contributed by atoms with Crippen molar-refractivity contribution in [1.82, 2.24) is 10.3 Å². The van der Waals surface area contributed by atoms with Crippen molar-refractivity contribution in [2.24, 2.45) is 0 Å². The van der Waals surface area contributed by atoms with Gasteiger partial charge in [0.2, 0.25) is 0 Å². The molecule has 0 aliphatic heterocycles. The van der Waals surface area contributed by atoms with Crippen molar-refractivity contribution < 1.29 is 9.53 Å². The van der Waals surface area contributed by atoms with Crippen molar-refractivity contribution in [2.45, 2.75) is 5.92 Å². The SMILES string of the molecule is O=C(NCC=Cc1nc(Br)cs1)OCC1c2ccccc2-c2ccccc21. The maximum absolute atomic E-state index is 12.1. The van der Waals surface area contributed by atoms with Crippen molar-refractivity contribution in [2.75, 3.05) is 13.2 Å². The third kappa shape index (κ3) is 3.96. The van der Waals surface area contributed by atoms with Crippen LogP contribution in [0.1, 0.15) is 22.1 Å². The summed E-state index contributed by atoms with van der Waals surface area (Å²) >= 11 is 4.85. The fraction of sp³-hybridized carbons (Fsp3) is 0.143. The molecule has 0 radical (unpaired) electrons. The van der Waals surface area contributed by atoms with Crippen LogP contribution in [0.15, 0.2) is 64.6 Å². The van der Waals surface area contributed by atoms with Crippen LogP contribution >= 0.6 is 27.3 Å². The fourth-order valence-electron chi connectivity index (χ4n) is 3.29. The van der Waals surface area contributed by atoms with Crippen LogP contribution in [0.2, 0.25) is 0 Å². The Labute approximate surface area is 170 Å². The van der Waals surface area contributed by atoms with E-state index in [4.69, 9.17) is 4.74 Å². The van der Waals surface area contributed by atoms with Crippen LogP contribution in [-0.4, -0.2) is 24.2 Å². The lowest BCUT2D eigenvalue weighted by molar-refractivity contribution is 0.144. The summed E-state index contributed by atoms with van der Waals surface area (Å²) in [4.78, 5) is 16.3. The quantitative estimate of drug-likeness (QED) is 0.572. The van der Waals surface area contributed by atoms with Gasteiger partial charge in [-0.3, -0.25) is 0 Å². The predicted molar refractivity (Wildman–Crippen MR) is 112 cm³/mol. The summed E-state index contributed by atoms with van der Waals surface area (Å²) in [5.74, 6) is 0.0753. The second-order valence-corrected chi connectivity index (χ2v) is 7.82. The van der Waals surface area contributed by atoms with E-state index in [1.165, 1.54) is 33.6 Å². The van der Waals surface area contributed by atoms with Gasteiger partial charge in [-0.05, 0) is 44.3 Å². The third-order valence-corrected chi connectivity index (χ3v) is 5.98. The number of rotatable bonds is 5. The first-order chi connectivity index (χ1) is 13.2. The zero-order valence-electron chi connectivity index (χ0n) is 14.4. The van der Waals surface area contributed by atoms with Gasteiger partial charge >= 0.3 is 6.09 Å². The molecular formula is C21H17BrN2O2S. The van der Waals surface area contributed by atoms with Crippen LogP contribution in [-0.2, 0) is 4.74 Å². The molecule has 1 aliphatic carbocycles. The summed E-state index contributed by atoms with van der Waals surface area (Å²) in [6.45, 7) is 0.719. The van der Waals surface area contributed by atoms with Gasteiger partial charge in [-0.25, -0.2) is 9.78 Å². The third-order valence-electron chi connectivity index (χ3n) is 4.46. The van der Waals surface area contributed by atoms with Crippen LogP contribution < -0.4 is 5.32 Å². The van der Waals surface area contributed by atoms with Gasteiger partial charge in [-0.2, -0.15) is 0 Å². The van der Waals surface area contributed by atoms with Crippen LogP contribution in [0.3, 0.4) is 0 Å². The predicted octanol–water partition coefficient (Wildman–Crippen LogP) is 5.46. The summed E-state index contributed by atoms with van der Waals surface area (Å²) in [5.41, 5.74) is 4.86. The molecule has 3 aromatic rings. The van der Waals surface area contributed by atoms with Crippen LogP contribution in [0.25, 0.3) is 17.2 Å². The van der Waals surface area contributed by atoms with Gasteiger partial charge in [0.25, 0.3) is 0 Å². The molecule has 2 aromatic carbocycles. The molecule has 136 valence electrons. The van der Waals surface area contributed by atoms with Crippen LogP contribution in [0.4, 0.5) is 4.79 Å². The van der Waals surface area contributed by atoms with Gasteiger partial charge in [0.15, 0.2) is 0 Å². The highest BCUT2D eigenvalue weighted by atomic mass is 79.9. The van der Waals surface area contributed by atoms with E-state index in [-0.39, 0.29) is 5.92 Å². The molecule has 6 heteroatoms. The maximum Gasteiger partial charge on any atom is 0.407 e. The average Bonchev–Trinajstić information content (AvgIpc) is 3.25. The minimum atomic E-state index is -0.415. The molecule has 0 unspecified atom stereocenters. The molecule has 1 aromatic heterocycles. The summed E-state index contributed by atoms with van der Waals surface area (Å²) in [6.07, 6.45) is 3.31. The first kappa shape index (κ1) is 17.9. The zero-order valence-corrected chi connectivity index (χ0v) is 16.8. The summed E-state index contributed by atoms with van der Waals surface area (Å²) in [7, 11) is 0. The second-order valence-electron chi connectivity index (χ2n) is 6.12. The number of fused-ring (bicyclic) bond motifs is 3. The van der Waals surface area contributed by atoms with Crippen molar-refractivity contribution in [3.63, 3.8) is 0 Å². The average molecular weight is 441 g/mol. The number of ether oxygens (including phenoxy) is 1. The highest BCUT2D eigenvalue weighted by molar-refractivity contribution is 9.10. The monoisotopic (exact) mass is 440 g/mol. The van der Waals surface area contributed by atoms with E-state index in [9.17, 15) is 4.79 Å². The first-order valence-electron chi connectivity index (χ1n) is 8.59. The number of thiazole rings is 1. The van der Waals surface area contributed by atoms with Gasteiger partial charge < -0.3 is 10.1 Å². The van der Waals surface area contributed by atoms with E-state index in [2.05, 4.69) is 50.5 Å². The Kier molecular flexibility index (Phi) is 5.36. The largest absolute Gasteiger partial charge is 0.449 e. The fourth-order valence-corrected chi connectivity index (χ4v) is 4.48. The lowest BCUT2D eigenvalue weighted by atomic mass is 9.98. The topological polar surface area (TPSA) is 51.2 Å². The second kappa shape index (κ2) is 8.06. The van der Waals surface area contributed by atoms with Crippen molar-refractivity contribution in [3.8, 4) is 11.1 Å². The van der Waals surface area contributed by atoms with Gasteiger partial charge in [0.05, 0.1) is 0 Å². The minimum absolute atomic E-state index is 0.0753. The molecule has 0 saturated heterocycles. The maximum atomic E-state index is 12.1. The summed E-state index contributed by atoms with van der Waals surface area (Å²) in [5, 5.41) is 5.55. The lowest BCUT2D eigenvalue weighted by Crippen LogP contribution is -2.26. The standard InChI is InChI=1S/C21H17BrN2O2S/c22-19-13-27-20(24-19)10-5-11-23-21(25)26-12-18-16-8-3-1-6-14(16)15-7-2-4-9-17(15)18/h1-10,13,18H,11-12H2,(H,23,25). The molecule has 0 fully saturated rings. The number of carbonyl (C=O) groups excluding carboxylic acids is 1. The van der Waals surface area contributed by atoms with Gasteiger partial charge in [-0.1, -0.05) is 54.6 Å². The smallest absolute Gasteiger partial charge is 0.407 e. The van der Waals surface area contributed by atoms with E-state index in [0.29, 0.717) is 13.2 Å². The molecule has 1 heterocycles. The Morgan fingerprint density at radius 1 is 1.15 bits per heavy atom. The molecule has 27 heavy (non-hydrogen) atoms. The number of halogens is 1. The highest BCUT2D eigenvalue weighted by Gasteiger charge is 2.28. The van der Waals surface area contributed by atoms with E-state index in [0.717, 1.165) is 9.61 Å². The molecule has 0 bridgehead atoms. The Hall–Kier alpha value is -2.44. The number of nitrogens with zero attached hydrogens (tertiary/aromatic N) is 1. The number of aromatic nitrogens is 1. The van der Waals surface area contributed by atoms with Crippen LogP contribution in [0.5, 0.6) is 0 Å². The molecule has 0 atom stereocenters. The van der Waals surface area contributed by atoms with Crippen molar-refractivity contribution >= 4 is 39.4 Å². The normalized spacial score (nSPS) is 12.8. The Morgan fingerprint density at radius 3 is 2.44 bits per heavy atom. The van der Waals surface area contributed by atoms with Crippen molar-refractivity contribution in [3.05, 3.63) is 80.7 Å². The number of hydrogen-bond donors (Lipinski definition) is 1. The van der Waals surface area contributed by atoms with E-state index < -0.39 is 6.09 Å². The number of amides is 1. The summed E-state index contributed by atoms with van der Waals surface area (Å²) < 4.78 is 6.31. The molecule has 0 saturated carbocycles. The van der Waals surface area contributed by atoms with Gasteiger partial charge in [-0.15, -0.1) is 11.3 Å². The molecule has 4 rings (SSSR count). The number of benzene rings is 2. The Balaban J connectivity index is 1.34. The minimum Gasteiger partial charge on any atom is -0.449 e. The number of hydrogen-bond acceptors (Lipinski definition) is 4. The molecule has 0 spiro atoms.